The number of benzene rings is 1. The smallest absolute Gasteiger partial charge is 0.163 e. The lowest BCUT2D eigenvalue weighted by Gasteiger charge is -2.11. The van der Waals surface area contributed by atoms with E-state index in [-0.39, 0.29) is 0 Å². The van der Waals surface area contributed by atoms with Crippen LogP contribution >= 0.6 is 11.6 Å². The minimum atomic E-state index is 0.561. The van der Waals surface area contributed by atoms with Crippen LogP contribution < -0.4 is 5.32 Å². The maximum Gasteiger partial charge on any atom is 0.163 e. The molecule has 0 atom stereocenters. The second-order valence-electron chi connectivity index (χ2n) is 5.47. The van der Waals surface area contributed by atoms with Crippen LogP contribution in [0.3, 0.4) is 0 Å². The van der Waals surface area contributed by atoms with Gasteiger partial charge in [-0.3, -0.25) is 9.97 Å². The van der Waals surface area contributed by atoms with Crippen molar-refractivity contribution in [2.45, 2.75) is 6.54 Å². The minimum Gasteiger partial charge on any atom is -0.364 e. The lowest BCUT2D eigenvalue weighted by Crippen LogP contribution is -2.05. The first-order valence-corrected chi connectivity index (χ1v) is 8.19. The van der Waals surface area contributed by atoms with Crippen molar-refractivity contribution in [1.82, 2.24) is 19.9 Å². The van der Waals surface area contributed by atoms with Gasteiger partial charge in [-0.15, -0.1) is 0 Å². The Morgan fingerprint density at radius 3 is 2.72 bits per heavy atom. The van der Waals surface area contributed by atoms with Gasteiger partial charge in [-0.25, -0.2) is 9.97 Å². The largest absolute Gasteiger partial charge is 0.364 e. The first-order chi connectivity index (χ1) is 12.3. The fraction of sp³-hybridized carbons (Fsp3) is 0.0526. The van der Waals surface area contributed by atoms with Crippen LogP contribution in [0.4, 0.5) is 5.82 Å². The maximum atomic E-state index is 6.16. The SMILES string of the molecule is Clc1ccc2nc(-c3cccnc3)nc(NCc3ccccn3)c2c1. The summed E-state index contributed by atoms with van der Waals surface area (Å²) in [6.45, 7) is 0.561. The molecule has 0 unspecified atom stereocenters. The van der Waals surface area contributed by atoms with Crippen LogP contribution in [0.2, 0.25) is 5.02 Å². The Morgan fingerprint density at radius 2 is 1.92 bits per heavy atom. The quantitative estimate of drug-likeness (QED) is 0.594. The Labute approximate surface area is 149 Å². The van der Waals surface area contributed by atoms with Crippen LogP contribution in [0, 0.1) is 0 Å². The molecular weight excluding hydrogens is 334 g/mol. The maximum absolute atomic E-state index is 6.16. The van der Waals surface area contributed by atoms with Gasteiger partial charge in [-0.05, 0) is 42.5 Å². The zero-order valence-electron chi connectivity index (χ0n) is 13.2. The van der Waals surface area contributed by atoms with Gasteiger partial charge in [-0.2, -0.15) is 0 Å². The van der Waals surface area contributed by atoms with Crippen LogP contribution in [0.15, 0.2) is 67.1 Å². The van der Waals surface area contributed by atoms with Crippen molar-refractivity contribution in [2.75, 3.05) is 5.32 Å². The van der Waals surface area contributed by atoms with Crippen LogP contribution in [-0.4, -0.2) is 19.9 Å². The van der Waals surface area contributed by atoms with Crippen LogP contribution in [0.1, 0.15) is 5.69 Å². The average molecular weight is 348 g/mol. The predicted molar refractivity (Wildman–Crippen MR) is 99.3 cm³/mol. The van der Waals surface area contributed by atoms with E-state index in [4.69, 9.17) is 11.6 Å². The molecule has 6 heteroatoms. The van der Waals surface area contributed by atoms with Gasteiger partial charge in [0.05, 0.1) is 17.8 Å². The summed E-state index contributed by atoms with van der Waals surface area (Å²) in [5.74, 6) is 1.34. The van der Waals surface area contributed by atoms with Gasteiger partial charge in [-0.1, -0.05) is 17.7 Å². The summed E-state index contributed by atoms with van der Waals surface area (Å²) in [7, 11) is 0. The van der Waals surface area contributed by atoms with Crippen LogP contribution in [0.5, 0.6) is 0 Å². The van der Waals surface area contributed by atoms with Gasteiger partial charge in [0, 0.05) is 34.6 Å². The highest BCUT2D eigenvalue weighted by Crippen LogP contribution is 2.27. The van der Waals surface area contributed by atoms with Crippen LogP contribution in [0.25, 0.3) is 22.3 Å². The number of pyridine rings is 2. The first-order valence-electron chi connectivity index (χ1n) is 7.81. The Hall–Kier alpha value is -3.05. The molecule has 4 aromatic rings. The Kier molecular flexibility index (Phi) is 4.23. The monoisotopic (exact) mass is 347 g/mol. The van der Waals surface area contributed by atoms with E-state index in [9.17, 15) is 0 Å². The molecule has 1 N–H and O–H groups in total. The summed E-state index contributed by atoms with van der Waals surface area (Å²) in [5, 5.41) is 4.86. The summed E-state index contributed by atoms with van der Waals surface area (Å²) in [6.07, 6.45) is 5.25. The molecular formula is C19H14ClN5. The van der Waals surface area contributed by atoms with Gasteiger partial charge >= 0.3 is 0 Å². The van der Waals surface area contributed by atoms with E-state index in [0.717, 1.165) is 28.0 Å². The number of aromatic nitrogens is 4. The summed E-state index contributed by atoms with van der Waals surface area (Å²) < 4.78 is 0. The molecule has 25 heavy (non-hydrogen) atoms. The lowest BCUT2D eigenvalue weighted by atomic mass is 10.2. The van der Waals surface area contributed by atoms with Gasteiger partial charge in [0.15, 0.2) is 5.82 Å². The number of fused-ring (bicyclic) bond motifs is 1. The molecule has 0 radical (unpaired) electrons. The second-order valence-corrected chi connectivity index (χ2v) is 5.91. The van der Waals surface area contributed by atoms with Crippen molar-refractivity contribution in [1.29, 1.82) is 0 Å². The van der Waals surface area contributed by atoms with E-state index in [0.29, 0.717) is 17.4 Å². The topological polar surface area (TPSA) is 63.6 Å². The van der Waals surface area contributed by atoms with E-state index >= 15 is 0 Å². The highest BCUT2D eigenvalue weighted by Gasteiger charge is 2.10. The third kappa shape index (κ3) is 3.41. The van der Waals surface area contributed by atoms with Gasteiger partial charge in [0.25, 0.3) is 0 Å². The van der Waals surface area contributed by atoms with Crippen molar-refractivity contribution in [3.8, 4) is 11.4 Å². The summed E-state index contributed by atoms with van der Waals surface area (Å²) >= 11 is 6.16. The molecule has 0 aliphatic rings. The second kappa shape index (κ2) is 6.83. The Morgan fingerprint density at radius 1 is 0.960 bits per heavy atom. The molecule has 0 bridgehead atoms. The lowest BCUT2D eigenvalue weighted by molar-refractivity contribution is 1.03. The molecule has 3 aromatic heterocycles. The van der Waals surface area contributed by atoms with Crippen molar-refractivity contribution in [3.05, 3.63) is 77.8 Å². The number of rotatable bonds is 4. The fourth-order valence-electron chi connectivity index (χ4n) is 2.54. The first kappa shape index (κ1) is 15.5. The normalized spacial score (nSPS) is 10.8. The molecule has 0 aliphatic heterocycles. The molecule has 4 rings (SSSR count). The van der Waals surface area contributed by atoms with Gasteiger partial charge in [0.2, 0.25) is 0 Å². The Bertz CT molecular complexity index is 1010. The number of hydrogen-bond acceptors (Lipinski definition) is 5. The summed E-state index contributed by atoms with van der Waals surface area (Å²) in [6, 6.07) is 15.2. The van der Waals surface area contributed by atoms with E-state index in [1.165, 1.54) is 0 Å². The van der Waals surface area contributed by atoms with E-state index in [1.54, 1.807) is 18.6 Å². The molecule has 0 saturated heterocycles. The number of nitrogens with zero attached hydrogens (tertiary/aromatic N) is 4. The third-order valence-corrected chi connectivity index (χ3v) is 3.98. The third-order valence-electron chi connectivity index (χ3n) is 3.74. The van der Waals surface area contributed by atoms with Crippen molar-refractivity contribution >= 4 is 28.3 Å². The zero-order valence-corrected chi connectivity index (χ0v) is 14.0. The minimum absolute atomic E-state index is 0.561. The highest BCUT2D eigenvalue weighted by atomic mass is 35.5. The molecule has 0 amide bonds. The zero-order chi connectivity index (χ0) is 17.1. The molecule has 0 saturated carbocycles. The Balaban J connectivity index is 1.78. The molecule has 0 fully saturated rings. The van der Waals surface area contributed by atoms with Gasteiger partial charge in [0.1, 0.15) is 5.82 Å². The number of hydrogen-bond donors (Lipinski definition) is 1. The standard InChI is InChI=1S/C19H14ClN5/c20-14-6-7-17-16(10-14)19(23-12-15-5-1-2-9-22-15)25-18(24-17)13-4-3-8-21-11-13/h1-11H,12H2,(H,23,24,25). The predicted octanol–water partition coefficient (Wildman–Crippen LogP) is 4.35. The fourth-order valence-corrected chi connectivity index (χ4v) is 2.71. The van der Waals surface area contributed by atoms with Crippen molar-refractivity contribution in [2.24, 2.45) is 0 Å². The van der Waals surface area contributed by atoms with Gasteiger partial charge < -0.3 is 5.32 Å². The average Bonchev–Trinajstić information content (AvgIpc) is 2.67. The molecule has 122 valence electrons. The molecule has 1 aromatic carbocycles. The number of anilines is 1. The molecule has 3 heterocycles. The number of halogens is 1. The van der Waals surface area contributed by atoms with Crippen molar-refractivity contribution in [3.63, 3.8) is 0 Å². The molecule has 0 aliphatic carbocycles. The van der Waals surface area contributed by atoms with Crippen molar-refractivity contribution < 1.29 is 0 Å². The van der Waals surface area contributed by atoms with Crippen LogP contribution in [-0.2, 0) is 6.54 Å². The van der Waals surface area contributed by atoms with E-state index < -0.39 is 0 Å². The van der Waals surface area contributed by atoms with E-state index in [2.05, 4.69) is 25.3 Å². The van der Waals surface area contributed by atoms with E-state index in [1.807, 2.05) is 48.5 Å². The summed E-state index contributed by atoms with van der Waals surface area (Å²) in [5.41, 5.74) is 2.61. The summed E-state index contributed by atoms with van der Waals surface area (Å²) in [4.78, 5) is 17.8. The number of nitrogens with one attached hydrogen (secondary N) is 1. The highest BCUT2D eigenvalue weighted by molar-refractivity contribution is 6.31. The molecule has 5 nitrogen and oxygen atoms in total. The molecule has 0 spiro atoms.